The van der Waals surface area contributed by atoms with Gasteiger partial charge in [-0.3, -0.25) is 4.21 Å². The molecule has 0 bridgehead atoms. The highest BCUT2D eigenvalue weighted by atomic mass is 79.9. The first-order chi connectivity index (χ1) is 8.74. The molecule has 2 atom stereocenters. The van der Waals surface area contributed by atoms with Crippen LogP contribution in [-0.4, -0.2) is 30.7 Å². The molecule has 0 heterocycles. The second-order valence-electron chi connectivity index (χ2n) is 4.07. The first-order valence-electron chi connectivity index (χ1n) is 5.51. The van der Waals surface area contributed by atoms with E-state index in [1.165, 1.54) is 12.1 Å². The van der Waals surface area contributed by atoms with Gasteiger partial charge in [0.1, 0.15) is 4.90 Å². The van der Waals surface area contributed by atoms with Crippen molar-refractivity contribution in [1.29, 1.82) is 0 Å². The zero-order valence-corrected chi connectivity index (χ0v) is 14.5. The number of nitrogens with one attached hydrogen (secondary N) is 1. The molecule has 0 amide bonds. The summed E-state index contributed by atoms with van der Waals surface area (Å²) in [7, 11) is -4.59. The van der Waals surface area contributed by atoms with Gasteiger partial charge in [0.2, 0.25) is 10.0 Å². The average molecular weight is 389 g/mol. The summed E-state index contributed by atoms with van der Waals surface area (Å²) in [6.45, 7) is 2.05. The lowest BCUT2D eigenvalue weighted by Gasteiger charge is -2.11. The van der Waals surface area contributed by atoms with Gasteiger partial charge in [-0.2, -0.15) is 0 Å². The number of halogens is 2. The fourth-order valence-electron chi connectivity index (χ4n) is 1.33. The highest BCUT2D eigenvalue weighted by molar-refractivity contribution is 9.10. The molecule has 0 fully saturated rings. The van der Waals surface area contributed by atoms with Crippen LogP contribution in [0.5, 0.6) is 0 Å². The van der Waals surface area contributed by atoms with Gasteiger partial charge in [0.15, 0.2) is 0 Å². The van der Waals surface area contributed by atoms with Gasteiger partial charge in [0.05, 0.1) is 5.02 Å². The summed E-state index contributed by atoms with van der Waals surface area (Å²) < 4.78 is 38.4. The van der Waals surface area contributed by atoms with Crippen LogP contribution in [0.3, 0.4) is 0 Å². The molecule has 4 nitrogen and oxygen atoms in total. The van der Waals surface area contributed by atoms with E-state index in [4.69, 9.17) is 11.6 Å². The Bertz CT molecular complexity index is 577. The summed E-state index contributed by atoms with van der Waals surface area (Å²) in [4.78, 5) is 0.0441. The van der Waals surface area contributed by atoms with Crippen molar-refractivity contribution in [2.75, 3.05) is 12.8 Å². The Labute approximate surface area is 129 Å². The first-order valence-corrected chi connectivity index (χ1v) is 9.78. The molecular weight excluding hydrogens is 374 g/mol. The van der Waals surface area contributed by atoms with Gasteiger partial charge in [-0.15, -0.1) is 0 Å². The monoisotopic (exact) mass is 387 g/mol. The normalized spacial score (nSPS) is 15.2. The molecule has 2 unspecified atom stereocenters. The fraction of sp³-hybridized carbons (Fsp3) is 0.455. The molecular formula is C11H15BrClNO3S2. The molecule has 0 saturated heterocycles. The second kappa shape index (κ2) is 7.17. The third-order valence-corrected chi connectivity index (χ3v) is 6.40. The predicted octanol–water partition coefficient (Wildman–Crippen LogP) is 2.54. The molecule has 0 saturated carbocycles. The van der Waals surface area contributed by atoms with Crippen molar-refractivity contribution in [2.24, 2.45) is 0 Å². The van der Waals surface area contributed by atoms with Crippen molar-refractivity contribution in [1.82, 2.24) is 4.72 Å². The minimum atomic E-state index is -3.63. The summed E-state index contributed by atoms with van der Waals surface area (Å²) in [5.41, 5.74) is 0. The van der Waals surface area contributed by atoms with Crippen LogP contribution in [-0.2, 0) is 20.8 Å². The van der Waals surface area contributed by atoms with Crippen LogP contribution in [0.4, 0.5) is 0 Å². The van der Waals surface area contributed by atoms with E-state index in [1.807, 2.05) is 6.92 Å². The third kappa shape index (κ3) is 5.15. The molecule has 108 valence electrons. The van der Waals surface area contributed by atoms with E-state index in [2.05, 4.69) is 20.7 Å². The summed E-state index contributed by atoms with van der Waals surface area (Å²) in [5, 5.41) is 0.108. The maximum Gasteiger partial charge on any atom is 0.242 e. The first kappa shape index (κ1) is 17.1. The molecule has 19 heavy (non-hydrogen) atoms. The molecule has 8 heteroatoms. The average Bonchev–Trinajstić information content (AvgIpc) is 2.27. The minimum absolute atomic E-state index is 0.0441. The molecule has 0 aliphatic carbocycles. The van der Waals surface area contributed by atoms with Gasteiger partial charge in [-0.05, 0) is 24.6 Å². The van der Waals surface area contributed by atoms with Crippen molar-refractivity contribution in [3.8, 4) is 0 Å². The Morgan fingerprint density at radius 1 is 1.47 bits per heavy atom. The molecule has 1 aromatic rings. The van der Waals surface area contributed by atoms with Crippen LogP contribution in [0.2, 0.25) is 5.02 Å². The summed E-state index contributed by atoms with van der Waals surface area (Å²) in [6.07, 6.45) is 2.11. The van der Waals surface area contributed by atoms with Gasteiger partial charge < -0.3 is 0 Å². The lowest BCUT2D eigenvalue weighted by Crippen LogP contribution is -2.27. The van der Waals surface area contributed by atoms with E-state index in [0.717, 1.165) is 0 Å². The number of hydrogen-bond acceptors (Lipinski definition) is 3. The van der Waals surface area contributed by atoms with Gasteiger partial charge in [0, 0.05) is 33.3 Å². The van der Waals surface area contributed by atoms with Crippen molar-refractivity contribution >= 4 is 48.4 Å². The van der Waals surface area contributed by atoms with E-state index in [9.17, 15) is 12.6 Å². The smallest absolute Gasteiger partial charge is 0.242 e. The Balaban J connectivity index is 2.74. The molecule has 1 aromatic carbocycles. The number of rotatable bonds is 6. The fourth-order valence-corrected chi connectivity index (χ4v) is 3.87. The molecule has 0 spiro atoms. The van der Waals surface area contributed by atoms with Crippen LogP contribution < -0.4 is 4.72 Å². The van der Waals surface area contributed by atoms with E-state index < -0.39 is 20.8 Å². The summed E-state index contributed by atoms with van der Waals surface area (Å²) >= 11 is 9.13. The van der Waals surface area contributed by atoms with Crippen molar-refractivity contribution < 1.29 is 12.6 Å². The van der Waals surface area contributed by atoms with E-state index in [-0.39, 0.29) is 21.7 Å². The molecule has 0 aliphatic rings. The van der Waals surface area contributed by atoms with Crippen molar-refractivity contribution in [2.45, 2.75) is 23.5 Å². The standard InChI is InChI=1S/C11H15BrClNO3S2/c1-8(18(2)15)5-6-14-19(16,17)11-4-3-9(12)7-10(11)13/h3-4,7-8,14H,5-6H2,1-2H3. The topological polar surface area (TPSA) is 63.2 Å². The summed E-state index contributed by atoms with van der Waals surface area (Å²) in [6, 6.07) is 4.58. The molecule has 0 aliphatic heterocycles. The van der Waals surface area contributed by atoms with E-state index >= 15 is 0 Å². The van der Waals surface area contributed by atoms with Gasteiger partial charge in [-0.1, -0.05) is 34.5 Å². The lowest BCUT2D eigenvalue weighted by atomic mass is 10.3. The van der Waals surface area contributed by atoms with Gasteiger partial charge in [0.25, 0.3) is 0 Å². The van der Waals surface area contributed by atoms with Crippen LogP contribution in [0.15, 0.2) is 27.6 Å². The molecule has 0 aromatic heterocycles. The second-order valence-corrected chi connectivity index (χ2v) is 8.93. The summed E-state index contributed by atoms with van der Waals surface area (Å²) in [5.74, 6) is 0. The largest absolute Gasteiger partial charge is 0.260 e. The Kier molecular flexibility index (Phi) is 6.46. The van der Waals surface area contributed by atoms with Crippen LogP contribution in [0.1, 0.15) is 13.3 Å². The zero-order valence-electron chi connectivity index (χ0n) is 10.5. The SMILES string of the molecule is CC(CCNS(=O)(=O)c1ccc(Br)cc1Cl)S(C)=O. The minimum Gasteiger partial charge on any atom is -0.260 e. The van der Waals surface area contributed by atoms with Crippen LogP contribution in [0.25, 0.3) is 0 Å². The number of benzene rings is 1. The highest BCUT2D eigenvalue weighted by Crippen LogP contribution is 2.24. The highest BCUT2D eigenvalue weighted by Gasteiger charge is 2.18. The van der Waals surface area contributed by atoms with Gasteiger partial charge >= 0.3 is 0 Å². The molecule has 0 radical (unpaired) electrons. The van der Waals surface area contributed by atoms with Gasteiger partial charge in [-0.25, -0.2) is 13.1 Å². The zero-order chi connectivity index (χ0) is 14.6. The molecule has 1 rings (SSSR count). The quantitative estimate of drug-likeness (QED) is 0.814. The van der Waals surface area contributed by atoms with Crippen molar-refractivity contribution in [3.63, 3.8) is 0 Å². The van der Waals surface area contributed by atoms with Crippen molar-refractivity contribution in [3.05, 3.63) is 27.7 Å². The predicted molar refractivity (Wildman–Crippen MR) is 82.5 cm³/mol. The lowest BCUT2D eigenvalue weighted by molar-refractivity contribution is 0.578. The van der Waals surface area contributed by atoms with E-state index in [0.29, 0.717) is 10.9 Å². The number of hydrogen-bond donors (Lipinski definition) is 1. The Hall–Kier alpha value is 0.0500. The third-order valence-electron chi connectivity index (χ3n) is 2.59. The number of sulfonamides is 1. The van der Waals surface area contributed by atoms with E-state index in [1.54, 1.807) is 12.3 Å². The van der Waals surface area contributed by atoms with Crippen LogP contribution >= 0.6 is 27.5 Å². The van der Waals surface area contributed by atoms with Crippen LogP contribution in [0, 0.1) is 0 Å². The molecule has 1 N–H and O–H groups in total. The Morgan fingerprint density at radius 2 is 2.11 bits per heavy atom. The maximum atomic E-state index is 12.0. The Morgan fingerprint density at radius 3 is 2.63 bits per heavy atom. The maximum absolute atomic E-state index is 12.0.